The topological polar surface area (TPSA) is 67.9 Å². The van der Waals surface area contributed by atoms with Gasteiger partial charge in [-0.05, 0) is 50.2 Å². The molecule has 1 saturated heterocycles. The Labute approximate surface area is 154 Å². The van der Waals surface area contributed by atoms with Gasteiger partial charge in [-0.3, -0.25) is 19.8 Å². The number of allylic oxidation sites excluding steroid dienone is 2. The van der Waals surface area contributed by atoms with Crippen molar-refractivity contribution < 1.29 is 19.1 Å². The van der Waals surface area contributed by atoms with Gasteiger partial charge in [-0.25, -0.2) is 0 Å². The highest BCUT2D eigenvalue weighted by Crippen LogP contribution is 2.36. The van der Waals surface area contributed by atoms with Crippen molar-refractivity contribution in [1.82, 2.24) is 10.2 Å². The normalized spacial score (nSPS) is 32.0. The molecule has 1 saturated carbocycles. The van der Waals surface area contributed by atoms with Gasteiger partial charge in [0.1, 0.15) is 5.57 Å². The van der Waals surface area contributed by atoms with E-state index in [1.807, 2.05) is 13.0 Å². The largest absolute Gasteiger partial charge is 0.379 e. The van der Waals surface area contributed by atoms with E-state index in [1.54, 1.807) is 20.2 Å². The molecule has 25 heavy (non-hydrogen) atoms. The molecule has 1 aliphatic heterocycles. The Morgan fingerprint density at radius 2 is 2.12 bits per heavy atom. The van der Waals surface area contributed by atoms with Crippen molar-refractivity contribution in [1.29, 1.82) is 0 Å². The van der Waals surface area contributed by atoms with E-state index < -0.39 is 5.91 Å². The molecule has 7 heteroatoms. The van der Waals surface area contributed by atoms with E-state index in [9.17, 15) is 9.59 Å². The molecule has 138 valence electrons. The van der Waals surface area contributed by atoms with Gasteiger partial charge in [0, 0.05) is 20.8 Å². The van der Waals surface area contributed by atoms with E-state index in [2.05, 4.69) is 11.9 Å². The Morgan fingerprint density at radius 1 is 1.40 bits per heavy atom. The molecule has 6 nitrogen and oxygen atoms in total. The number of carbonyl (C=O) groups excluding carboxylic acids is 2. The molecule has 2 aliphatic rings. The Hall–Kier alpha value is -1.57. The van der Waals surface area contributed by atoms with Crippen molar-refractivity contribution in [3.8, 4) is 0 Å². The fourth-order valence-electron chi connectivity index (χ4n) is 3.60. The third kappa shape index (κ3) is 4.34. The first-order chi connectivity index (χ1) is 11.9. The van der Waals surface area contributed by atoms with Gasteiger partial charge in [-0.15, -0.1) is 6.58 Å². The lowest BCUT2D eigenvalue weighted by molar-refractivity contribution is -0.128. The van der Waals surface area contributed by atoms with Crippen molar-refractivity contribution in [2.45, 2.75) is 38.4 Å². The monoisotopic (exact) mass is 366 g/mol. The van der Waals surface area contributed by atoms with Crippen LogP contribution >= 0.6 is 12.2 Å². The van der Waals surface area contributed by atoms with Crippen molar-refractivity contribution in [2.75, 3.05) is 20.8 Å². The fourth-order valence-corrected chi connectivity index (χ4v) is 3.78. The lowest BCUT2D eigenvalue weighted by Crippen LogP contribution is -2.52. The molecule has 1 heterocycles. The van der Waals surface area contributed by atoms with Gasteiger partial charge in [0.25, 0.3) is 11.8 Å². The molecule has 0 spiro atoms. The maximum atomic E-state index is 12.4. The van der Waals surface area contributed by atoms with Crippen LogP contribution in [0, 0.1) is 11.8 Å². The standard InChI is InChI=1S/C18H26N2O4S/c1-5-7-12-8-11(10-14(23-4)15(12)24-6-2)9-13-16(21)19-18(25)20(3)17(13)22/h5,9,11-12,14-15H,1,6-8,10H2,2-4H3,(H,19,21,25)/b13-9+. The minimum absolute atomic E-state index is 0.00575. The lowest BCUT2D eigenvalue weighted by atomic mass is 9.75. The van der Waals surface area contributed by atoms with Crippen LogP contribution in [-0.2, 0) is 19.1 Å². The van der Waals surface area contributed by atoms with E-state index in [-0.39, 0.29) is 40.6 Å². The van der Waals surface area contributed by atoms with Crippen LogP contribution < -0.4 is 5.32 Å². The van der Waals surface area contributed by atoms with Crippen molar-refractivity contribution in [3.05, 3.63) is 24.3 Å². The summed E-state index contributed by atoms with van der Waals surface area (Å²) in [6.45, 7) is 6.42. The van der Waals surface area contributed by atoms with E-state index in [1.165, 1.54) is 4.90 Å². The van der Waals surface area contributed by atoms with Crippen molar-refractivity contribution in [2.24, 2.45) is 11.8 Å². The summed E-state index contributed by atoms with van der Waals surface area (Å²) >= 11 is 4.97. The van der Waals surface area contributed by atoms with Crippen LogP contribution in [0.15, 0.2) is 24.3 Å². The van der Waals surface area contributed by atoms with Crippen molar-refractivity contribution in [3.63, 3.8) is 0 Å². The van der Waals surface area contributed by atoms with Crippen molar-refractivity contribution >= 4 is 29.1 Å². The summed E-state index contributed by atoms with van der Waals surface area (Å²) in [5, 5.41) is 2.68. The summed E-state index contributed by atoms with van der Waals surface area (Å²) < 4.78 is 11.5. The molecule has 1 N–H and O–H groups in total. The zero-order valence-electron chi connectivity index (χ0n) is 15.0. The molecule has 0 aromatic carbocycles. The zero-order chi connectivity index (χ0) is 18.6. The van der Waals surface area contributed by atoms with Gasteiger partial charge in [0.2, 0.25) is 0 Å². The van der Waals surface area contributed by atoms with Gasteiger partial charge in [0.15, 0.2) is 5.11 Å². The van der Waals surface area contributed by atoms with Crippen LogP contribution in [0.3, 0.4) is 0 Å². The molecule has 1 aliphatic carbocycles. The second kappa shape index (κ2) is 8.69. The highest BCUT2D eigenvalue weighted by atomic mass is 32.1. The minimum Gasteiger partial charge on any atom is -0.379 e. The molecular weight excluding hydrogens is 340 g/mol. The Balaban J connectivity index is 2.24. The molecule has 0 radical (unpaired) electrons. The third-order valence-electron chi connectivity index (χ3n) is 4.81. The summed E-state index contributed by atoms with van der Waals surface area (Å²) in [6, 6.07) is 0. The van der Waals surface area contributed by atoms with Gasteiger partial charge in [-0.1, -0.05) is 12.2 Å². The summed E-state index contributed by atoms with van der Waals surface area (Å²) in [6.07, 6.45) is 5.87. The molecule has 2 rings (SSSR count). The number of hydrogen-bond acceptors (Lipinski definition) is 5. The van der Waals surface area contributed by atoms with E-state index in [0.717, 1.165) is 12.8 Å². The number of likely N-dealkylation sites (N-methyl/N-ethyl adjacent to an activating group) is 1. The number of carbonyl (C=O) groups is 2. The van der Waals surface area contributed by atoms with E-state index >= 15 is 0 Å². The predicted molar refractivity (Wildman–Crippen MR) is 98.8 cm³/mol. The second-order valence-electron chi connectivity index (χ2n) is 6.41. The molecule has 0 bridgehead atoms. The van der Waals surface area contributed by atoms with Crippen LogP contribution in [0.2, 0.25) is 0 Å². The van der Waals surface area contributed by atoms with Gasteiger partial charge < -0.3 is 9.47 Å². The van der Waals surface area contributed by atoms with Crippen LogP contribution in [0.1, 0.15) is 26.2 Å². The average molecular weight is 366 g/mol. The first-order valence-electron chi connectivity index (χ1n) is 8.53. The highest BCUT2D eigenvalue weighted by Gasteiger charge is 2.39. The number of methoxy groups -OCH3 is 1. The highest BCUT2D eigenvalue weighted by molar-refractivity contribution is 7.80. The van der Waals surface area contributed by atoms with Crippen LogP contribution in [-0.4, -0.2) is 54.8 Å². The third-order valence-corrected chi connectivity index (χ3v) is 5.19. The smallest absolute Gasteiger partial charge is 0.265 e. The van der Waals surface area contributed by atoms with Gasteiger partial charge in [-0.2, -0.15) is 0 Å². The number of amides is 2. The molecule has 2 amide bonds. The Kier molecular flexibility index (Phi) is 6.87. The number of nitrogens with zero attached hydrogens (tertiary/aromatic N) is 1. The number of nitrogens with one attached hydrogen (secondary N) is 1. The summed E-state index contributed by atoms with van der Waals surface area (Å²) in [7, 11) is 3.23. The zero-order valence-corrected chi connectivity index (χ0v) is 15.8. The number of rotatable bonds is 6. The van der Waals surface area contributed by atoms with E-state index in [4.69, 9.17) is 21.7 Å². The molecular formula is C18H26N2O4S. The van der Waals surface area contributed by atoms with Gasteiger partial charge >= 0.3 is 0 Å². The SMILES string of the molecule is C=CCC1CC(/C=C2\C(=O)NC(=S)N(C)C2=O)CC(OC)C1OCC. The van der Waals surface area contributed by atoms with Crippen LogP contribution in [0.25, 0.3) is 0 Å². The van der Waals surface area contributed by atoms with Gasteiger partial charge in [0.05, 0.1) is 12.2 Å². The maximum absolute atomic E-state index is 12.4. The number of thiocarbonyl (C=S) groups is 1. The molecule has 4 unspecified atom stereocenters. The Bertz CT molecular complexity index is 590. The number of hydrogen-bond donors (Lipinski definition) is 1. The summed E-state index contributed by atoms with van der Waals surface area (Å²) in [5.74, 6) is -0.515. The first-order valence-corrected chi connectivity index (χ1v) is 8.94. The van der Waals surface area contributed by atoms with E-state index in [0.29, 0.717) is 13.0 Å². The van der Waals surface area contributed by atoms with Crippen LogP contribution in [0.5, 0.6) is 0 Å². The molecule has 0 aromatic rings. The second-order valence-corrected chi connectivity index (χ2v) is 6.80. The van der Waals surface area contributed by atoms with Crippen LogP contribution in [0.4, 0.5) is 0 Å². The summed E-state index contributed by atoms with van der Waals surface area (Å²) in [4.78, 5) is 25.8. The quantitative estimate of drug-likeness (QED) is 0.336. The lowest BCUT2D eigenvalue weighted by Gasteiger charge is -2.40. The average Bonchev–Trinajstić information content (AvgIpc) is 2.59. The summed E-state index contributed by atoms with van der Waals surface area (Å²) in [5.41, 5.74) is 0.142. The predicted octanol–water partition coefficient (Wildman–Crippen LogP) is 1.81. The minimum atomic E-state index is -0.436. The molecule has 0 aromatic heterocycles. The molecule has 2 fully saturated rings. The Morgan fingerprint density at radius 3 is 2.72 bits per heavy atom. The number of ether oxygens (including phenoxy) is 2. The first kappa shape index (κ1) is 19.8. The molecule has 4 atom stereocenters. The fraction of sp³-hybridized carbons (Fsp3) is 0.611. The maximum Gasteiger partial charge on any atom is 0.265 e.